The summed E-state index contributed by atoms with van der Waals surface area (Å²) < 4.78 is 0.958. The lowest BCUT2D eigenvalue weighted by Crippen LogP contribution is -2.27. The van der Waals surface area contributed by atoms with Crippen LogP contribution in [0.3, 0.4) is 0 Å². The van der Waals surface area contributed by atoms with Gasteiger partial charge in [0.15, 0.2) is 5.78 Å². The summed E-state index contributed by atoms with van der Waals surface area (Å²) in [5.74, 6) is -0.441. The quantitative estimate of drug-likeness (QED) is 0.425. The average molecular weight is 484 g/mol. The Bertz CT molecular complexity index is 1130. The summed E-state index contributed by atoms with van der Waals surface area (Å²) >= 11 is 4.95. The van der Waals surface area contributed by atoms with E-state index in [1.165, 1.54) is 24.8 Å². The zero-order valence-electron chi connectivity index (χ0n) is 16.3. The maximum absolute atomic E-state index is 12.5. The van der Waals surface area contributed by atoms with Gasteiger partial charge in [0.1, 0.15) is 0 Å². The van der Waals surface area contributed by atoms with Crippen LogP contribution in [0.4, 0.5) is 5.69 Å². The Morgan fingerprint density at radius 1 is 1.27 bits per heavy atom. The highest BCUT2D eigenvalue weighted by Crippen LogP contribution is 2.44. The largest absolute Gasteiger partial charge is 0.353 e. The van der Waals surface area contributed by atoms with Gasteiger partial charge in [0, 0.05) is 33.1 Å². The minimum Gasteiger partial charge on any atom is -0.353 e. The molecule has 1 heterocycles. The van der Waals surface area contributed by atoms with Crippen LogP contribution in [0.15, 0.2) is 74.9 Å². The van der Waals surface area contributed by atoms with Crippen molar-refractivity contribution in [2.24, 2.45) is 0 Å². The van der Waals surface area contributed by atoms with Crippen LogP contribution in [0, 0.1) is 21.4 Å². The Labute approximate surface area is 187 Å². The van der Waals surface area contributed by atoms with Crippen LogP contribution in [0.25, 0.3) is 0 Å². The van der Waals surface area contributed by atoms with E-state index >= 15 is 0 Å². The molecule has 0 spiro atoms. The van der Waals surface area contributed by atoms with Gasteiger partial charge in [-0.2, -0.15) is 5.26 Å². The van der Waals surface area contributed by atoms with Crippen LogP contribution in [0.5, 0.6) is 0 Å². The number of hydrogen-bond acceptors (Lipinski definition) is 6. The number of halogens is 1. The number of para-hydroxylation sites is 1. The van der Waals surface area contributed by atoms with Crippen molar-refractivity contribution in [2.75, 3.05) is 0 Å². The number of ketones is 1. The van der Waals surface area contributed by atoms with E-state index in [0.29, 0.717) is 33.2 Å². The molecule has 1 N–H and O–H groups in total. The number of rotatable bonds is 6. The molecule has 30 heavy (non-hydrogen) atoms. The van der Waals surface area contributed by atoms with E-state index in [1.54, 1.807) is 25.1 Å². The molecule has 0 aromatic heterocycles. The number of carbonyl (C=O) groups excluding carboxylic acids is 1. The summed E-state index contributed by atoms with van der Waals surface area (Å²) in [6, 6.07) is 16.2. The molecule has 0 unspecified atom stereocenters. The summed E-state index contributed by atoms with van der Waals surface area (Å²) in [7, 11) is 0. The Morgan fingerprint density at radius 2 is 1.93 bits per heavy atom. The van der Waals surface area contributed by atoms with E-state index in [9.17, 15) is 20.2 Å². The topological polar surface area (TPSA) is 96.0 Å². The summed E-state index contributed by atoms with van der Waals surface area (Å²) in [5, 5.41) is 25.4. The molecule has 6 nitrogen and oxygen atoms in total. The van der Waals surface area contributed by atoms with Gasteiger partial charge in [-0.3, -0.25) is 14.9 Å². The summed E-state index contributed by atoms with van der Waals surface area (Å²) in [4.78, 5) is 23.6. The monoisotopic (exact) mass is 483 g/mol. The molecular formula is C22H18BrN3O3S. The number of benzene rings is 2. The molecule has 0 bridgehead atoms. The number of nitro benzene ring substituents is 1. The highest BCUT2D eigenvalue weighted by Gasteiger charge is 2.36. The molecule has 2 aromatic rings. The molecule has 0 radical (unpaired) electrons. The fraction of sp³-hybridized carbons (Fsp3) is 0.182. The van der Waals surface area contributed by atoms with E-state index in [1.807, 2.05) is 24.3 Å². The molecule has 3 rings (SSSR count). The fourth-order valence-corrected chi connectivity index (χ4v) is 5.17. The van der Waals surface area contributed by atoms with Crippen LogP contribution in [0.1, 0.15) is 30.9 Å². The molecule has 152 valence electrons. The van der Waals surface area contributed by atoms with Gasteiger partial charge >= 0.3 is 0 Å². The van der Waals surface area contributed by atoms with Crippen LogP contribution in [-0.4, -0.2) is 10.7 Å². The van der Waals surface area contributed by atoms with Crippen LogP contribution in [0.2, 0.25) is 0 Å². The number of thioether (sulfide) groups is 1. The van der Waals surface area contributed by atoms with E-state index < -0.39 is 10.8 Å². The Morgan fingerprint density at radius 3 is 2.57 bits per heavy atom. The van der Waals surface area contributed by atoms with Crippen molar-refractivity contribution in [1.29, 1.82) is 5.26 Å². The maximum Gasteiger partial charge on any atom is 0.273 e. The van der Waals surface area contributed by atoms with Gasteiger partial charge in [-0.25, -0.2) is 0 Å². The zero-order valence-corrected chi connectivity index (χ0v) is 18.7. The Balaban J connectivity index is 2.11. The number of carbonyl (C=O) groups is 1. The molecule has 0 saturated heterocycles. The van der Waals surface area contributed by atoms with Gasteiger partial charge in [-0.1, -0.05) is 52.3 Å². The molecule has 8 heteroatoms. The van der Waals surface area contributed by atoms with Crippen molar-refractivity contribution in [2.45, 2.75) is 25.5 Å². The number of Topliss-reactive ketones (excluding diaryl/α,β-unsaturated/α-hetero) is 1. The highest BCUT2D eigenvalue weighted by molar-refractivity contribution is 9.10. The Kier molecular flexibility index (Phi) is 6.75. The number of hydrogen-bond donors (Lipinski definition) is 1. The van der Waals surface area contributed by atoms with E-state index in [0.717, 1.165) is 10.0 Å². The summed E-state index contributed by atoms with van der Waals surface area (Å²) in [5.41, 5.74) is 2.54. The molecule has 1 atom stereocenters. The number of nitrogens with one attached hydrogen (secondary N) is 1. The third kappa shape index (κ3) is 4.32. The number of nitro groups is 1. The number of nitriles is 1. The molecule has 1 aliphatic heterocycles. The molecule has 0 amide bonds. The van der Waals surface area contributed by atoms with E-state index in [4.69, 9.17) is 0 Å². The summed E-state index contributed by atoms with van der Waals surface area (Å²) in [6.45, 7) is 3.17. The average Bonchev–Trinajstić information content (AvgIpc) is 2.72. The molecule has 2 aromatic carbocycles. The number of nitrogens with zero attached hydrogens (tertiary/aromatic N) is 2. The predicted octanol–water partition coefficient (Wildman–Crippen LogP) is 5.58. The SMILES string of the molecule is CC(=O)C1=C(C)NC(SCc2ccccc2Br)=C(C#N)[C@H]1c1ccccc1[N+](=O)[O-]. The molecule has 1 aliphatic rings. The lowest BCUT2D eigenvalue weighted by Gasteiger charge is -2.29. The second-order valence-electron chi connectivity index (χ2n) is 6.70. The standard InChI is InChI=1S/C22H18BrN3O3S/c1-13-20(14(2)27)21(16-8-4-6-10-19(16)26(28)29)17(11-24)22(25-13)30-12-15-7-3-5-9-18(15)23/h3-10,21,25H,12H2,1-2H3/t21-/m1/s1. The van der Waals surface area contributed by atoms with Crippen LogP contribution < -0.4 is 5.32 Å². The van der Waals surface area contributed by atoms with E-state index in [2.05, 4.69) is 27.3 Å². The first-order chi connectivity index (χ1) is 14.3. The first kappa shape index (κ1) is 21.8. The van der Waals surface area contributed by atoms with Gasteiger partial charge in [0.05, 0.1) is 27.5 Å². The van der Waals surface area contributed by atoms with Crippen molar-refractivity contribution in [3.05, 3.63) is 96.1 Å². The molecule has 0 fully saturated rings. The smallest absolute Gasteiger partial charge is 0.273 e. The Hall–Kier alpha value is -2.89. The first-order valence-electron chi connectivity index (χ1n) is 9.07. The highest BCUT2D eigenvalue weighted by atomic mass is 79.9. The summed E-state index contributed by atoms with van der Waals surface area (Å²) in [6.07, 6.45) is 0. The maximum atomic E-state index is 12.5. The third-order valence-corrected chi connectivity index (χ3v) is 6.64. The van der Waals surface area contributed by atoms with Crippen molar-refractivity contribution in [3.8, 4) is 6.07 Å². The first-order valence-corrected chi connectivity index (χ1v) is 10.9. The molecular weight excluding hydrogens is 466 g/mol. The van der Waals surface area contributed by atoms with Gasteiger partial charge in [-0.15, -0.1) is 11.8 Å². The molecule has 0 aliphatic carbocycles. The fourth-order valence-electron chi connectivity index (χ4n) is 3.47. The lowest BCUT2D eigenvalue weighted by atomic mass is 9.80. The number of allylic oxidation sites excluding steroid dienone is 3. The van der Waals surface area contributed by atoms with Crippen LogP contribution in [-0.2, 0) is 10.5 Å². The van der Waals surface area contributed by atoms with E-state index in [-0.39, 0.29) is 11.5 Å². The second kappa shape index (κ2) is 9.28. The van der Waals surface area contributed by atoms with Crippen LogP contribution >= 0.6 is 27.7 Å². The van der Waals surface area contributed by atoms with Crippen molar-refractivity contribution in [1.82, 2.24) is 5.32 Å². The second-order valence-corrected chi connectivity index (χ2v) is 8.54. The van der Waals surface area contributed by atoms with Crippen molar-refractivity contribution >= 4 is 39.2 Å². The lowest BCUT2D eigenvalue weighted by molar-refractivity contribution is -0.385. The van der Waals surface area contributed by atoms with Gasteiger partial charge < -0.3 is 5.32 Å². The van der Waals surface area contributed by atoms with Crippen molar-refractivity contribution < 1.29 is 9.72 Å². The van der Waals surface area contributed by atoms with Gasteiger partial charge in [0.25, 0.3) is 5.69 Å². The normalized spacial score (nSPS) is 16.1. The number of dihydropyridines is 1. The van der Waals surface area contributed by atoms with Gasteiger partial charge in [0.2, 0.25) is 0 Å². The zero-order chi connectivity index (χ0) is 21.8. The minimum absolute atomic E-state index is 0.112. The predicted molar refractivity (Wildman–Crippen MR) is 120 cm³/mol. The van der Waals surface area contributed by atoms with Gasteiger partial charge in [-0.05, 0) is 25.5 Å². The third-order valence-electron chi connectivity index (χ3n) is 4.80. The molecule has 0 saturated carbocycles. The van der Waals surface area contributed by atoms with Crippen molar-refractivity contribution in [3.63, 3.8) is 0 Å². The minimum atomic E-state index is -0.794.